The summed E-state index contributed by atoms with van der Waals surface area (Å²) in [4.78, 5) is 0.238. The standard InChI is InChI=1S/C11H17BrN2O3S/c1-8-11(9(2)17-13-8)18(15,16)14-6-4-10(7-14)3-5-12/h10H,3-7H2,1-2H3. The van der Waals surface area contributed by atoms with E-state index < -0.39 is 10.0 Å². The van der Waals surface area contributed by atoms with Crippen molar-refractivity contribution < 1.29 is 12.9 Å². The van der Waals surface area contributed by atoms with Gasteiger partial charge < -0.3 is 4.52 Å². The van der Waals surface area contributed by atoms with Crippen molar-refractivity contribution in [2.75, 3.05) is 18.4 Å². The van der Waals surface area contributed by atoms with E-state index in [-0.39, 0.29) is 4.90 Å². The van der Waals surface area contributed by atoms with Gasteiger partial charge in [0, 0.05) is 18.4 Å². The van der Waals surface area contributed by atoms with Gasteiger partial charge in [-0.3, -0.25) is 0 Å². The van der Waals surface area contributed by atoms with Crippen molar-refractivity contribution in [3.63, 3.8) is 0 Å². The first-order chi connectivity index (χ1) is 8.46. The SMILES string of the molecule is Cc1noc(C)c1S(=O)(=O)N1CCC(CCBr)C1. The Morgan fingerprint density at radius 3 is 2.78 bits per heavy atom. The Hall–Kier alpha value is -0.400. The molecule has 2 heterocycles. The fourth-order valence-electron chi connectivity index (χ4n) is 2.38. The summed E-state index contributed by atoms with van der Waals surface area (Å²) >= 11 is 3.40. The van der Waals surface area contributed by atoms with Gasteiger partial charge in [0.25, 0.3) is 0 Å². The molecule has 7 heteroatoms. The first kappa shape index (κ1) is 14.0. The molecule has 0 aliphatic carbocycles. The Bertz CT molecular complexity index is 507. The predicted octanol–water partition coefficient (Wildman–Crippen LogP) is 2.09. The van der Waals surface area contributed by atoms with Crippen LogP contribution in [0.4, 0.5) is 0 Å². The topological polar surface area (TPSA) is 63.4 Å². The van der Waals surface area contributed by atoms with Crippen molar-refractivity contribution in [1.82, 2.24) is 9.46 Å². The van der Waals surface area contributed by atoms with Crippen molar-refractivity contribution in [2.45, 2.75) is 31.6 Å². The number of halogens is 1. The number of hydrogen-bond acceptors (Lipinski definition) is 4. The van der Waals surface area contributed by atoms with Crippen molar-refractivity contribution in [3.05, 3.63) is 11.5 Å². The zero-order valence-electron chi connectivity index (χ0n) is 10.5. The molecule has 102 valence electrons. The van der Waals surface area contributed by atoms with E-state index in [2.05, 4.69) is 21.1 Å². The van der Waals surface area contributed by atoms with Gasteiger partial charge in [0.05, 0.1) is 0 Å². The van der Waals surface area contributed by atoms with Crippen LogP contribution in [-0.4, -0.2) is 36.3 Å². The van der Waals surface area contributed by atoms with E-state index in [1.807, 2.05) is 0 Å². The number of nitrogens with zero attached hydrogens (tertiary/aromatic N) is 2. The minimum atomic E-state index is -3.45. The van der Waals surface area contributed by atoms with Gasteiger partial charge in [-0.1, -0.05) is 21.1 Å². The summed E-state index contributed by atoms with van der Waals surface area (Å²) in [6.07, 6.45) is 1.93. The molecule has 1 aliphatic rings. The third-order valence-corrected chi connectivity index (χ3v) is 5.90. The fraction of sp³-hybridized carbons (Fsp3) is 0.727. The van der Waals surface area contributed by atoms with Gasteiger partial charge in [-0.25, -0.2) is 8.42 Å². The van der Waals surface area contributed by atoms with Crippen LogP contribution >= 0.6 is 15.9 Å². The summed E-state index contributed by atoms with van der Waals surface area (Å²) < 4.78 is 31.5. The summed E-state index contributed by atoms with van der Waals surface area (Å²) in [5, 5.41) is 4.63. The Morgan fingerprint density at radius 2 is 2.22 bits per heavy atom. The molecule has 0 N–H and O–H groups in total. The average molecular weight is 337 g/mol. The minimum Gasteiger partial charge on any atom is -0.360 e. The molecule has 1 aromatic heterocycles. The molecular weight excluding hydrogens is 320 g/mol. The number of aromatic nitrogens is 1. The van der Waals surface area contributed by atoms with Crippen LogP contribution in [0.3, 0.4) is 0 Å². The van der Waals surface area contributed by atoms with E-state index >= 15 is 0 Å². The monoisotopic (exact) mass is 336 g/mol. The van der Waals surface area contributed by atoms with E-state index in [4.69, 9.17) is 4.52 Å². The molecular formula is C11H17BrN2O3S. The first-order valence-electron chi connectivity index (χ1n) is 5.95. The second-order valence-electron chi connectivity index (χ2n) is 4.65. The van der Waals surface area contributed by atoms with E-state index in [1.54, 1.807) is 18.2 Å². The number of aryl methyl sites for hydroxylation is 2. The zero-order chi connectivity index (χ0) is 13.3. The molecule has 0 bridgehead atoms. The largest absolute Gasteiger partial charge is 0.360 e. The normalized spacial score (nSPS) is 21.6. The molecule has 1 unspecified atom stereocenters. The van der Waals surface area contributed by atoms with Crippen molar-refractivity contribution in [2.24, 2.45) is 5.92 Å². The molecule has 0 saturated carbocycles. The van der Waals surface area contributed by atoms with Crippen LogP contribution in [0.2, 0.25) is 0 Å². The van der Waals surface area contributed by atoms with Crippen LogP contribution in [0, 0.1) is 19.8 Å². The third-order valence-electron chi connectivity index (χ3n) is 3.33. The molecule has 18 heavy (non-hydrogen) atoms. The van der Waals surface area contributed by atoms with Gasteiger partial charge >= 0.3 is 0 Å². The smallest absolute Gasteiger partial charge is 0.248 e. The van der Waals surface area contributed by atoms with E-state index in [0.29, 0.717) is 30.5 Å². The quantitative estimate of drug-likeness (QED) is 0.789. The highest BCUT2D eigenvalue weighted by molar-refractivity contribution is 9.09. The molecule has 1 saturated heterocycles. The first-order valence-corrected chi connectivity index (χ1v) is 8.52. The molecule has 5 nitrogen and oxygen atoms in total. The van der Waals surface area contributed by atoms with Crippen LogP contribution in [0.15, 0.2) is 9.42 Å². The van der Waals surface area contributed by atoms with Crippen LogP contribution in [0.5, 0.6) is 0 Å². The minimum absolute atomic E-state index is 0.238. The van der Waals surface area contributed by atoms with Crippen molar-refractivity contribution in [1.29, 1.82) is 0 Å². The summed E-state index contributed by atoms with van der Waals surface area (Å²) in [5.41, 5.74) is 0.441. The molecule has 2 rings (SSSR count). The zero-order valence-corrected chi connectivity index (χ0v) is 12.9. The Morgan fingerprint density at radius 1 is 1.50 bits per heavy atom. The van der Waals surface area contributed by atoms with Crippen LogP contribution < -0.4 is 0 Å². The van der Waals surface area contributed by atoms with Crippen LogP contribution in [0.1, 0.15) is 24.3 Å². The Labute approximate surface area is 116 Å². The van der Waals surface area contributed by atoms with E-state index in [1.165, 1.54) is 0 Å². The lowest BCUT2D eigenvalue weighted by atomic mass is 10.1. The van der Waals surface area contributed by atoms with Crippen molar-refractivity contribution >= 4 is 26.0 Å². The van der Waals surface area contributed by atoms with Gasteiger partial charge in [0.2, 0.25) is 10.0 Å². The summed E-state index contributed by atoms with van der Waals surface area (Å²) in [6, 6.07) is 0. The molecule has 1 aliphatic heterocycles. The number of alkyl halides is 1. The number of rotatable bonds is 4. The molecule has 1 fully saturated rings. The predicted molar refractivity (Wildman–Crippen MR) is 71.3 cm³/mol. The lowest BCUT2D eigenvalue weighted by Crippen LogP contribution is -2.29. The maximum absolute atomic E-state index is 12.5. The molecule has 1 atom stereocenters. The maximum atomic E-state index is 12.5. The van der Waals surface area contributed by atoms with Gasteiger partial charge in [0.1, 0.15) is 10.6 Å². The van der Waals surface area contributed by atoms with Gasteiger partial charge in [-0.2, -0.15) is 4.31 Å². The highest BCUT2D eigenvalue weighted by atomic mass is 79.9. The summed E-state index contributed by atoms with van der Waals surface area (Å²) in [5.74, 6) is 0.816. The molecule has 1 aromatic rings. The van der Waals surface area contributed by atoms with Gasteiger partial charge in [-0.15, -0.1) is 0 Å². The molecule has 0 amide bonds. The lowest BCUT2D eigenvalue weighted by molar-refractivity contribution is 0.389. The highest BCUT2D eigenvalue weighted by Crippen LogP contribution is 2.29. The highest BCUT2D eigenvalue weighted by Gasteiger charge is 2.35. The maximum Gasteiger partial charge on any atom is 0.248 e. The number of hydrogen-bond donors (Lipinski definition) is 0. The van der Waals surface area contributed by atoms with Crippen LogP contribution in [-0.2, 0) is 10.0 Å². The second-order valence-corrected chi connectivity index (χ2v) is 7.32. The average Bonchev–Trinajstić information content (AvgIpc) is 2.87. The summed E-state index contributed by atoms with van der Waals surface area (Å²) in [6.45, 7) is 4.48. The summed E-state index contributed by atoms with van der Waals surface area (Å²) in [7, 11) is -3.45. The molecule has 0 spiro atoms. The van der Waals surface area contributed by atoms with E-state index in [0.717, 1.165) is 18.2 Å². The van der Waals surface area contributed by atoms with E-state index in [9.17, 15) is 8.42 Å². The Balaban J connectivity index is 2.23. The lowest BCUT2D eigenvalue weighted by Gasteiger charge is -2.16. The molecule has 0 aromatic carbocycles. The van der Waals surface area contributed by atoms with Crippen LogP contribution in [0.25, 0.3) is 0 Å². The fourth-order valence-corrected chi connectivity index (χ4v) is 4.85. The number of sulfonamides is 1. The van der Waals surface area contributed by atoms with Gasteiger partial charge in [0.15, 0.2) is 5.76 Å². The molecule has 0 radical (unpaired) electrons. The third kappa shape index (κ3) is 2.48. The van der Waals surface area contributed by atoms with Crippen molar-refractivity contribution in [3.8, 4) is 0 Å². The van der Waals surface area contributed by atoms with Gasteiger partial charge in [-0.05, 0) is 32.6 Å². The second kappa shape index (κ2) is 5.30. The Kier molecular flexibility index (Phi) is 4.13.